The Hall–Kier alpha value is -1.51. The number of halogens is 1. The number of nitrogens with one attached hydrogen (secondary N) is 2. The molecule has 0 saturated heterocycles. The molecule has 0 aliphatic rings. The summed E-state index contributed by atoms with van der Waals surface area (Å²) in [6.45, 7) is 12.9. The Bertz CT molecular complexity index is 583. The molecule has 6 nitrogen and oxygen atoms in total. The Balaban J connectivity index is 0.00000676. The molecular formula is C20H35IN4O2. The van der Waals surface area contributed by atoms with Crippen LogP contribution >= 0.6 is 24.0 Å². The lowest BCUT2D eigenvalue weighted by Gasteiger charge is -2.22. The maximum atomic E-state index is 11.9. The fraction of sp³-hybridized carbons (Fsp3) is 0.600. The van der Waals surface area contributed by atoms with Gasteiger partial charge in [-0.05, 0) is 26.0 Å². The molecular weight excluding hydrogens is 455 g/mol. The lowest BCUT2D eigenvalue weighted by molar-refractivity contribution is -0.128. The van der Waals surface area contributed by atoms with E-state index in [4.69, 9.17) is 4.74 Å². The molecule has 0 saturated carbocycles. The molecule has 0 unspecified atom stereocenters. The van der Waals surface area contributed by atoms with Crippen molar-refractivity contribution in [2.75, 3.05) is 39.8 Å². The minimum atomic E-state index is -0.377. The van der Waals surface area contributed by atoms with Gasteiger partial charge in [0.05, 0.1) is 13.1 Å². The first-order valence-corrected chi connectivity index (χ1v) is 9.21. The molecule has 0 fully saturated rings. The van der Waals surface area contributed by atoms with Crippen molar-refractivity contribution >= 4 is 35.8 Å². The summed E-state index contributed by atoms with van der Waals surface area (Å²) in [6.07, 6.45) is 0. The summed E-state index contributed by atoms with van der Waals surface area (Å²) in [5.41, 5.74) is 0.841. The van der Waals surface area contributed by atoms with Crippen LogP contribution < -0.4 is 15.4 Å². The van der Waals surface area contributed by atoms with Crippen LogP contribution in [0.5, 0.6) is 5.75 Å². The van der Waals surface area contributed by atoms with Gasteiger partial charge in [-0.25, -0.2) is 0 Å². The van der Waals surface area contributed by atoms with Crippen molar-refractivity contribution in [2.45, 2.75) is 34.6 Å². The third-order valence-electron chi connectivity index (χ3n) is 3.75. The molecule has 1 amide bonds. The topological polar surface area (TPSA) is 66.0 Å². The van der Waals surface area contributed by atoms with Crippen LogP contribution in [0.4, 0.5) is 0 Å². The van der Waals surface area contributed by atoms with Crippen LogP contribution in [0, 0.1) is 12.3 Å². The number of carbonyl (C=O) groups excluding carboxylic acids is 1. The zero-order valence-electron chi connectivity index (χ0n) is 17.5. The average Bonchev–Trinajstić information content (AvgIpc) is 2.58. The Morgan fingerprint density at radius 3 is 2.37 bits per heavy atom. The molecule has 7 heteroatoms. The molecule has 0 aliphatic heterocycles. The van der Waals surface area contributed by atoms with E-state index in [1.165, 1.54) is 5.56 Å². The quantitative estimate of drug-likeness (QED) is 0.255. The third-order valence-corrected chi connectivity index (χ3v) is 3.75. The summed E-state index contributed by atoms with van der Waals surface area (Å²) in [7, 11) is 1.98. The molecule has 0 aromatic heterocycles. The lowest BCUT2D eigenvalue weighted by Crippen LogP contribution is -2.41. The van der Waals surface area contributed by atoms with Gasteiger partial charge in [0.25, 0.3) is 0 Å². The maximum absolute atomic E-state index is 11.9. The second-order valence-corrected chi connectivity index (χ2v) is 7.32. The number of hydrogen-bond acceptors (Lipinski definition) is 3. The summed E-state index contributed by atoms with van der Waals surface area (Å²) < 4.78 is 5.77. The summed E-state index contributed by atoms with van der Waals surface area (Å²) in [5.74, 6) is 1.72. The van der Waals surface area contributed by atoms with Gasteiger partial charge in [-0.1, -0.05) is 38.5 Å². The van der Waals surface area contributed by atoms with E-state index in [-0.39, 0.29) is 35.3 Å². The largest absolute Gasteiger partial charge is 0.492 e. The monoisotopic (exact) mass is 490 g/mol. The van der Waals surface area contributed by atoms with Gasteiger partial charge in [0.1, 0.15) is 12.4 Å². The minimum absolute atomic E-state index is 0. The number of rotatable bonds is 8. The number of ether oxygens (including phenoxy) is 1. The number of amides is 1. The first-order chi connectivity index (χ1) is 12.2. The van der Waals surface area contributed by atoms with Crippen molar-refractivity contribution < 1.29 is 9.53 Å². The van der Waals surface area contributed by atoms with Gasteiger partial charge in [0.2, 0.25) is 5.91 Å². The van der Waals surface area contributed by atoms with Crippen LogP contribution in [0.2, 0.25) is 0 Å². The lowest BCUT2D eigenvalue weighted by atomic mass is 9.96. The molecule has 1 rings (SSSR count). The second kappa shape index (κ2) is 12.8. The summed E-state index contributed by atoms with van der Waals surface area (Å²) in [4.78, 5) is 18.5. The first-order valence-electron chi connectivity index (χ1n) is 9.21. The third kappa shape index (κ3) is 10.4. The number of likely N-dealkylation sites (N-methyl/N-ethyl adjacent to an activating group) is 1. The van der Waals surface area contributed by atoms with Crippen molar-refractivity contribution in [3.63, 3.8) is 0 Å². The SMILES string of the molecule is CCNC(=NCCNC(=O)C(C)(C)C)N(C)CCOc1ccc(C)cc1.I. The van der Waals surface area contributed by atoms with E-state index < -0.39 is 0 Å². The summed E-state index contributed by atoms with van der Waals surface area (Å²) >= 11 is 0. The maximum Gasteiger partial charge on any atom is 0.225 e. The van der Waals surface area contributed by atoms with E-state index in [1.807, 2.05) is 63.9 Å². The van der Waals surface area contributed by atoms with Crippen LogP contribution in [0.25, 0.3) is 0 Å². The van der Waals surface area contributed by atoms with E-state index >= 15 is 0 Å². The fourth-order valence-electron chi connectivity index (χ4n) is 2.11. The number of hydrogen-bond donors (Lipinski definition) is 2. The van der Waals surface area contributed by atoms with Crippen LogP contribution in [0.3, 0.4) is 0 Å². The highest BCUT2D eigenvalue weighted by atomic mass is 127. The minimum Gasteiger partial charge on any atom is -0.492 e. The second-order valence-electron chi connectivity index (χ2n) is 7.32. The zero-order chi connectivity index (χ0) is 19.6. The molecule has 1 aromatic rings. The Morgan fingerprint density at radius 1 is 1.19 bits per heavy atom. The molecule has 154 valence electrons. The molecule has 2 N–H and O–H groups in total. The van der Waals surface area contributed by atoms with Crippen molar-refractivity contribution in [1.82, 2.24) is 15.5 Å². The molecule has 0 spiro atoms. The van der Waals surface area contributed by atoms with E-state index in [2.05, 4.69) is 22.5 Å². The van der Waals surface area contributed by atoms with Gasteiger partial charge in [-0.2, -0.15) is 0 Å². The molecule has 0 radical (unpaired) electrons. The van der Waals surface area contributed by atoms with Crippen LogP contribution in [-0.4, -0.2) is 56.6 Å². The van der Waals surface area contributed by atoms with Crippen molar-refractivity contribution in [1.29, 1.82) is 0 Å². The number of carbonyl (C=O) groups is 1. The van der Waals surface area contributed by atoms with Crippen molar-refractivity contribution in [3.8, 4) is 5.75 Å². The first kappa shape index (κ1) is 25.5. The van der Waals surface area contributed by atoms with Gasteiger partial charge >= 0.3 is 0 Å². The predicted molar refractivity (Wildman–Crippen MR) is 123 cm³/mol. The van der Waals surface area contributed by atoms with Crippen LogP contribution in [0.1, 0.15) is 33.3 Å². The normalized spacial score (nSPS) is 11.4. The van der Waals surface area contributed by atoms with Gasteiger partial charge in [-0.15, -0.1) is 24.0 Å². The number of aryl methyl sites for hydroxylation is 1. The molecule has 1 aromatic carbocycles. The summed E-state index contributed by atoms with van der Waals surface area (Å²) in [5, 5.41) is 6.18. The number of guanidine groups is 1. The molecule has 0 heterocycles. The number of nitrogens with zero attached hydrogens (tertiary/aromatic N) is 2. The Morgan fingerprint density at radius 2 is 1.81 bits per heavy atom. The zero-order valence-corrected chi connectivity index (χ0v) is 19.8. The highest BCUT2D eigenvalue weighted by Crippen LogP contribution is 2.12. The number of benzene rings is 1. The fourth-order valence-corrected chi connectivity index (χ4v) is 2.11. The molecule has 27 heavy (non-hydrogen) atoms. The average molecular weight is 490 g/mol. The highest BCUT2D eigenvalue weighted by molar-refractivity contribution is 14.0. The van der Waals surface area contributed by atoms with Crippen molar-refractivity contribution in [2.24, 2.45) is 10.4 Å². The van der Waals surface area contributed by atoms with E-state index in [1.54, 1.807) is 0 Å². The van der Waals surface area contributed by atoms with Crippen molar-refractivity contribution in [3.05, 3.63) is 29.8 Å². The number of aliphatic imine (C=N–C) groups is 1. The molecule has 0 bridgehead atoms. The van der Waals surface area contributed by atoms with Gasteiger partial charge < -0.3 is 20.3 Å². The Labute approximate surface area is 181 Å². The highest BCUT2D eigenvalue weighted by Gasteiger charge is 2.20. The van der Waals surface area contributed by atoms with E-state index in [9.17, 15) is 4.79 Å². The van der Waals surface area contributed by atoms with Gasteiger partial charge in [0.15, 0.2) is 5.96 Å². The molecule has 0 atom stereocenters. The van der Waals surface area contributed by atoms with E-state index in [0.29, 0.717) is 26.2 Å². The van der Waals surface area contributed by atoms with Crippen LogP contribution in [0.15, 0.2) is 29.3 Å². The molecule has 0 aliphatic carbocycles. The Kier molecular flexibility index (Phi) is 12.1. The summed E-state index contributed by atoms with van der Waals surface area (Å²) in [6, 6.07) is 8.03. The standard InChI is InChI=1S/C20H34N4O2.HI/c1-7-21-19(23-13-12-22-18(25)20(3,4)5)24(6)14-15-26-17-10-8-16(2)9-11-17;/h8-11H,7,12-15H2,1-6H3,(H,21,23)(H,22,25);1H. The van der Waals surface area contributed by atoms with Crippen LogP contribution in [-0.2, 0) is 4.79 Å². The van der Waals surface area contributed by atoms with Gasteiger partial charge in [-0.3, -0.25) is 9.79 Å². The predicted octanol–water partition coefficient (Wildman–Crippen LogP) is 3.05. The van der Waals surface area contributed by atoms with Gasteiger partial charge in [0, 0.05) is 25.6 Å². The smallest absolute Gasteiger partial charge is 0.225 e. The van der Waals surface area contributed by atoms with E-state index in [0.717, 1.165) is 18.3 Å².